The second-order valence-corrected chi connectivity index (χ2v) is 4.66. The first-order valence-electron chi connectivity index (χ1n) is 6.05. The first-order chi connectivity index (χ1) is 8.22. The quantitative estimate of drug-likeness (QED) is 0.729. The molecule has 1 fully saturated rings. The molecule has 0 amide bonds. The van der Waals surface area contributed by atoms with Crippen molar-refractivity contribution in [1.29, 1.82) is 0 Å². The lowest BCUT2D eigenvalue weighted by molar-refractivity contribution is -0.142. The van der Waals surface area contributed by atoms with Crippen molar-refractivity contribution in [2.75, 3.05) is 20.7 Å². The second-order valence-electron chi connectivity index (χ2n) is 4.66. The topological polar surface area (TPSA) is 29.5 Å². The lowest BCUT2D eigenvalue weighted by Gasteiger charge is -2.22. The minimum absolute atomic E-state index is 0.149. The van der Waals surface area contributed by atoms with E-state index in [9.17, 15) is 4.79 Å². The molecule has 0 aliphatic heterocycles. The third kappa shape index (κ3) is 3.07. The van der Waals surface area contributed by atoms with Gasteiger partial charge in [0, 0.05) is 12.6 Å². The van der Waals surface area contributed by atoms with Crippen LogP contribution in [0.5, 0.6) is 0 Å². The van der Waals surface area contributed by atoms with Crippen LogP contribution < -0.4 is 0 Å². The molecule has 0 saturated heterocycles. The summed E-state index contributed by atoms with van der Waals surface area (Å²) < 4.78 is 4.90. The smallest absolute Gasteiger partial charge is 0.314 e. The summed E-state index contributed by atoms with van der Waals surface area (Å²) in [6.45, 7) is 0.737. The van der Waals surface area contributed by atoms with Crippen molar-refractivity contribution in [3.63, 3.8) is 0 Å². The number of benzene rings is 1. The van der Waals surface area contributed by atoms with Gasteiger partial charge in [0.25, 0.3) is 0 Å². The first kappa shape index (κ1) is 12.1. The third-order valence-corrected chi connectivity index (χ3v) is 3.33. The zero-order chi connectivity index (χ0) is 12.3. The minimum Gasteiger partial charge on any atom is -0.469 e. The third-order valence-electron chi connectivity index (χ3n) is 3.33. The fourth-order valence-corrected chi connectivity index (χ4v) is 2.10. The lowest BCUT2D eigenvalue weighted by Crippen LogP contribution is -2.31. The van der Waals surface area contributed by atoms with Crippen LogP contribution in [0.2, 0.25) is 0 Å². The number of likely N-dealkylation sites (N-methyl/N-ethyl adjacent to an activating group) is 1. The van der Waals surface area contributed by atoms with E-state index in [4.69, 9.17) is 4.74 Å². The predicted molar refractivity (Wildman–Crippen MR) is 66.9 cm³/mol. The van der Waals surface area contributed by atoms with Gasteiger partial charge >= 0.3 is 5.97 Å². The van der Waals surface area contributed by atoms with E-state index < -0.39 is 0 Å². The highest BCUT2D eigenvalue weighted by Crippen LogP contribution is 2.28. The molecule has 1 aliphatic carbocycles. The van der Waals surface area contributed by atoms with Gasteiger partial charge in [0.15, 0.2) is 0 Å². The van der Waals surface area contributed by atoms with Gasteiger partial charge < -0.3 is 9.64 Å². The second kappa shape index (κ2) is 5.32. The van der Waals surface area contributed by atoms with Crippen molar-refractivity contribution < 1.29 is 9.53 Å². The average molecular weight is 233 g/mol. The molecular weight excluding hydrogens is 214 g/mol. The Morgan fingerprint density at radius 3 is 2.59 bits per heavy atom. The molecular formula is C14H19NO2. The van der Waals surface area contributed by atoms with Gasteiger partial charge in [-0.15, -0.1) is 0 Å². The Kier molecular flexibility index (Phi) is 3.79. The average Bonchev–Trinajstić information content (AvgIpc) is 3.20. The summed E-state index contributed by atoms with van der Waals surface area (Å²) in [5, 5.41) is 0. The van der Waals surface area contributed by atoms with Gasteiger partial charge in [0.1, 0.15) is 0 Å². The Bertz CT molecular complexity index is 373. The standard InChI is InChI=1S/C14H19NO2/c1-15(12-8-9-12)10-13(14(16)17-2)11-6-4-3-5-7-11/h3-7,12-13H,8-10H2,1-2H3. The number of hydrogen-bond acceptors (Lipinski definition) is 3. The van der Waals surface area contributed by atoms with E-state index in [0.29, 0.717) is 6.04 Å². The van der Waals surface area contributed by atoms with Gasteiger partial charge in [0.05, 0.1) is 13.0 Å². The van der Waals surface area contributed by atoms with Crippen molar-refractivity contribution >= 4 is 5.97 Å². The minimum atomic E-state index is -0.174. The van der Waals surface area contributed by atoms with Crippen LogP contribution in [0.25, 0.3) is 0 Å². The number of carbonyl (C=O) groups is 1. The first-order valence-corrected chi connectivity index (χ1v) is 6.05. The summed E-state index contributed by atoms with van der Waals surface area (Å²) in [5.74, 6) is -0.324. The lowest BCUT2D eigenvalue weighted by atomic mass is 9.99. The molecule has 0 bridgehead atoms. The van der Waals surface area contributed by atoms with E-state index in [1.54, 1.807) is 0 Å². The summed E-state index contributed by atoms with van der Waals surface area (Å²) in [5.41, 5.74) is 1.03. The number of methoxy groups -OCH3 is 1. The number of carbonyl (C=O) groups excluding carboxylic acids is 1. The summed E-state index contributed by atoms with van der Waals surface area (Å²) in [7, 11) is 3.53. The van der Waals surface area contributed by atoms with E-state index in [2.05, 4.69) is 11.9 Å². The molecule has 17 heavy (non-hydrogen) atoms. The number of esters is 1. The number of rotatable bonds is 5. The van der Waals surface area contributed by atoms with E-state index in [0.717, 1.165) is 12.1 Å². The van der Waals surface area contributed by atoms with Gasteiger partial charge in [0.2, 0.25) is 0 Å². The largest absolute Gasteiger partial charge is 0.469 e. The van der Waals surface area contributed by atoms with Crippen molar-refractivity contribution in [2.45, 2.75) is 24.8 Å². The molecule has 1 aromatic carbocycles. The maximum atomic E-state index is 11.8. The molecule has 2 rings (SSSR count). The van der Waals surface area contributed by atoms with Crippen LogP contribution in [0.4, 0.5) is 0 Å². The zero-order valence-electron chi connectivity index (χ0n) is 10.4. The van der Waals surface area contributed by atoms with Gasteiger partial charge in [-0.05, 0) is 25.5 Å². The molecule has 92 valence electrons. The molecule has 0 radical (unpaired) electrons. The molecule has 0 aromatic heterocycles. The van der Waals surface area contributed by atoms with Crippen LogP contribution in [0.3, 0.4) is 0 Å². The molecule has 1 saturated carbocycles. The van der Waals surface area contributed by atoms with Crippen molar-refractivity contribution in [3.8, 4) is 0 Å². The monoisotopic (exact) mass is 233 g/mol. The Morgan fingerprint density at radius 2 is 2.06 bits per heavy atom. The highest BCUT2D eigenvalue weighted by Gasteiger charge is 2.30. The number of ether oxygens (including phenoxy) is 1. The van der Waals surface area contributed by atoms with Gasteiger partial charge in [-0.2, -0.15) is 0 Å². The molecule has 1 unspecified atom stereocenters. The van der Waals surface area contributed by atoms with Crippen LogP contribution >= 0.6 is 0 Å². The maximum absolute atomic E-state index is 11.8. The highest BCUT2D eigenvalue weighted by molar-refractivity contribution is 5.78. The maximum Gasteiger partial charge on any atom is 0.314 e. The van der Waals surface area contributed by atoms with Gasteiger partial charge in [-0.1, -0.05) is 30.3 Å². The van der Waals surface area contributed by atoms with Crippen LogP contribution in [0, 0.1) is 0 Å². The Labute approximate surface area is 102 Å². The van der Waals surface area contributed by atoms with Gasteiger partial charge in [-0.3, -0.25) is 4.79 Å². The van der Waals surface area contributed by atoms with Crippen LogP contribution in [-0.4, -0.2) is 37.6 Å². The molecule has 0 heterocycles. The summed E-state index contributed by atoms with van der Waals surface area (Å²) in [6.07, 6.45) is 2.50. The molecule has 0 N–H and O–H groups in total. The molecule has 3 nitrogen and oxygen atoms in total. The zero-order valence-corrected chi connectivity index (χ0v) is 10.4. The molecule has 0 spiro atoms. The number of hydrogen-bond donors (Lipinski definition) is 0. The highest BCUT2D eigenvalue weighted by atomic mass is 16.5. The fraction of sp³-hybridized carbons (Fsp3) is 0.500. The normalized spacial score (nSPS) is 16.9. The van der Waals surface area contributed by atoms with E-state index in [1.165, 1.54) is 20.0 Å². The Morgan fingerprint density at radius 1 is 1.41 bits per heavy atom. The van der Waals surface area contributed by atoms with Crippen LogP contribution in [-0.2, 0) is 9.53 Å². The summed E-state index contributed by atoms with van der Waals surface area (Å²) in [6, 6.07) is 10.5. The van der Waals surface area contributed by atoms with Crippen LogP contribution in [0.1, 0.15) is 24.3 Å². The van der Waals surface area contributed by atoms with Crippen LogP contribution in [0.15, 0.2) is 30.3 Å². The van der Waals surface area contributed by atoms with E-state index in [1.807, 2.05) is 30.3 Å². The predicted octanol–water partition coefficient (Wildman–Crippen LogP) is 2.04. The summed E-state index contributed by atoms with van der Waals surface area (Å²) >= 11 is 0. The number of nitrogens with zero attached hydrogens (tertiary/aromatic N) is 1. The molecule has 1 aromatic rings. The van der Waals surface area contributed by atoms with Gasteiger partial charge in [-0.25, -0.2) is 0 Å². The fourth-order valence-electron chi connectivity index (χ4n) is 2.10. The van der Waals surface area contributed by atoms with Crippen molar-refractivity contribution in [1.82, 2.24) is 4.90 Å². The summed E-state index contributed by atoms with van der Waals surface area (Å²) in [4.78, 5) is 14.1. The molecule has 1 aliphatic rings. The van der Waals surface area contributed by atoms with Crippen molar-refractivity contribution in [3.05, 3.63) is 35.9 Å². The Hall–Kier alpha value is -1.35. The Balaban J connectivity index is 2.10. The SMILES string of the molecule is COC(=O)C(CN(C)C1CC1)c1ccccc1. The molecule has 1 atom stereocenters. The molecule has 3 heteroatoms. The van der Waals surface area contributed by atoms with E-state index in [-0.39, 0.29) is 11.9 Å². The van der Waals surface area contributed by atoms with Crippen molar-refractivity contribution in [2.24, 2.45) is 0 Å². The van der Waals surface area contributed by atoms with E-state index >= 15 is 0 Å².